The molecule has 146 valence electrons. The fraction of sp³-hybridized carbons (Fsp3) is 0.130. The summed E-state index contributed by atoms with van der Waals surface area (Å²) in [6.07, 6.45) is 0. The summed E-state index contributed by atoms with van der Waals surface area (Å²) < 4.78 is 5.38. The highest BCUT2D eigenvalue weighted by Crippen LogP contribution is 2.38. The number of carbonyl (C=O) groups excluding carboxylic acids is 2. The number of benzene rings is 3. The van der Waals surface area contributed by atoms with E-state index >= 15 is 0 Å². The number of rotatable bonds is 3. The first-order valence-corrected chi connectivity index (χ1v) is 9.54. The van der Waals surface area contributed by atoms with Gasteiger partial charge < -0.3 is 15.0 Å². The predicted molar refractivity (Wildman–Crippen MR) is 112 cm³/mol. The first kappa shape index (κ1) is 19.0. The monoisotopic (exact) mass is 406 g/mol. The van der Waals surface area contributed by atoms with Crippen molar-refractivity contribution in [2.24, 2.45) is 0 Å². The molecule has 29 heavy (non-hydrogen) atoms. The quantitative estimate of drug-likeness (QED) is 0.695. The van der Waals surface area contributed by atoms with E-state index in [1.165, 1.54) is 7.11 Å². The number of hydrogen-bond donors (Lipinski definition) is 1. The smallest absolute Gasteiger partial charge is 0.258 e. The van der Waals surface area contributed by atoms with Crippen LogP contribution in [-0.2, 0) is 4.79 Å². The van der Waals surface area contributed by atoms with E-state index in [2.05, 4.69) is 5.32 Å². The molecule has 5 nitrogen and oxygen atoms in total. The highest BCUT2D eigenvalue weighted by molar-refractivity contribution is 6.31. The van der Waals surface area contributed by atoms with E-state index in [4.69, 9.17) is 16.3 Å². The molecule has 0 saturated carbocycles. The van der Waals surface area contributed by atoms with Crippen LogP contribution in [0.1, 0.15) is 27.5 Å². The van der Waals surface area contributed by atoms with Gasteiger partial charge in [-0.15, -0.1) is 0 Å². The molecule has 0 radical (unpaired) electrons. The summed E-state index contributed by atoms with van der Waals surface area (Å²) in [4.78, 5) is 27.8. The number of nitrogens with one attached hydrogen (secondary N) is 1. The van der Waals surface area contributed by atoms with E-state index in [0.29, 0.717) is 22.0 Å². The summed E-state index contributed by atoms with van der Waals surface area (Å²) in [5, 5.41) is 3.39. The lowest BCUT2D eigenvalue weighted by atomic mass is 9.95. The number of nitrogens with zero attached hydrogens (tertiary/aromatic N) is 1. The van der Waals surface area contributed by atoms with E-state index < -0.39 is 6.04 Å². The van der Waals surface area contributed by atoms with Crippen LogP contribution in [0.3, 0.4) is 0 Å². The van der Waals surface area contributed by atoms with Crippen LogP contribution in [0, 0.1) is 0 Å². The molecule has 3 aromatic carbocycles. The van der Waals surface area contributed by atoms with Gasteiger partial charge in [-0.3, -0.25) is 9.59 Å². The minimum absolute atomic E-state index is 0.0945. The third kappa shape index (κ3) is 3.69. The molecule has 0 bridgehead atoms. The lowest BCUT2D eigenvalue weighted by Gasteiger charge is -2.31. The van der Waals surface area contributed by atoms with Crippen LogP contribution in [-0.4, -0.2) is 30.4 Å². The van der Waals surface area contributed by atoms with Crippen molar-refractivity contribution in [2.45, 2.75) is 6.04 Å². The van der Waals surface area contributed by atoms with Crippen molar-refractivity contribution in [3.8, 4) is 5.75 Å². The third-order valence-corrected chi connectivity index (χ3v) is 5.16. The van der Waals surface area contributed by atoms with E-state index in [0.717, 1.165) is 11.1 Å². The second-order valence-electron chi connectivity index (χ2n) is 6.73. The number of hydrogen-bond acceptors (Lipinski definition) is 3. The number of methoxy groups -OCH3 is 1. The molecule has 0 spiro atoms. The maximum Gasteiger partial charge on any atom is 0.258 e. The van der Waals surface area contributed by atoms with Gasteiger partial charge >= 0.3 is 0 Å². The van der Waals surface area contributed by atoms with Gasteiger partial charge in [0.05, 0.1) is 18.7 Å². The number of para-hydroxylation sites is 1. The molecule has 1 heterocycles. The highest BCUT2D eigenvalue weighted by Gasteiger charge is 2.34. The first-order chi connectivity index (χ1) is 14.1. The lowest BCUT2D eigenvalue weighted by molar-refractivity contribution is -0.117. The van der Waals surface area contributed by atoms with Crippen LogP contribution in [0.5, 0.6) is 5.75 Å². The summed E-state index contributed by atoms with van der Waals surface area (Å²) in [5.41, 5.74) is 2.71. The standard InChI is InChI=1S/C23H19ClN2O3/c1-29-20-10-6-5-9-18(20)23(28)26-14-21(27)25-19-13-16(24)11-12-17(19)22(26)15-7-3-2-4-8-15/h2-13,22H,14H2,1H3,(H,25,27). The van der Waals surface area contributed by atoms with E-state index in [1.807, 2.05) is 36.4 Å². The van der Waals surface area contributed by atoms with Crippen LogP contribution in [0.25, 0.3) is 0 Å². The number of ether oxygens (including phenoxy) is 1. The van der Waals surface area contributed by atoms with E-state index in [-0.39, 0.29) is 18.4 Å². The lowest BCUT2D eigenvalue weighted by Crippen LogP contribution is -2.39. The summed E-state index contributed by atoms with van der Waals surface area (Å²) in [6, 6.07) is 21.5. The van der Waals surface area contributed by atoms with Crippen molar-refractivity contribution in [3.63, 3.8) is 0 Å². The maximum absolute atomic E-state index is 13.6. The number of anilines is 1. The van der Waals surface area contributed by atoms with Crippen LogP contribution >= 0.6 is 11.6 Å². The SMILES string of the molecule is COc1ccccc1C(=O)N1CC(=O)Nc2cc(Cl)ccc2C1c1ccccc1. The van der Waals surface area contributed by atoms with Gasteiger partial charge in [0.2, 0.25) is 5.91 Å². The minimum Gasteiger partial charge on any atom is -0.496 e. The molecule has 3 aromatic rings. The molecular formula is C23H19ClN2O3. The van der Waals surface area contributed by atoms with E-state index in [1.54, 1.807) is 41.3 Å². The van der Waals surface area contributed by atoms with Crippen molar-refractivity contribution >= 4 is 29.1 Å². The van der Waals surface area contributed by atoms with Crippen molar-refractivity contribution in [3.05, 3.63) is 94.5 Å². The highest BCUT2D eigenvalue weighted by atomic mass is 35.5. The second-order valence-corrected chi connectivity index (χ2v) is 7.16. The Kier molecular flexibility index (Phi) is 5.23. The summed E-state index contributed by atoms with van der Waals surface area (Å²) in [5.74, 6) is -0.102. The molecule has 2 amide bonds. The molecule has 1 aliphatic heterocycles. The molecule has 0 saturated heterocycles. The van der Waals surface area contributed by atoms with Crippen LogP contribution in [0.2, 0.25) is 5.02 Å². The van der Waals surface area contributed by atoms with Gasteiger partial charge in [0, 0.05) is 16.3 Å². The van der Waals surface area contributed by atoms with Gasteiger partial charge in [0.25, 0.3) is 5.91 Å². The number of carbonyl (C=O) groups is 2. The fourth-order valence-corrected chi connectivity index (χ4v) is 3.81. The average molecular weight is 407 g/mol. The number of fused-ring (bicyclic) bond motifs is 1. The minimum atomic E-state index is -0.458. The molecule has 1 N–H and O–H groups in total. The van der Waals surface area contributed by atoms with E-state index in [9.17, 15) is 9.59 Å². The van der Waals surface area contributed by atoms with Crippen LogP contribution in [0.15, 0.2) is 72.8 Å². The third-order valence-electron chi connectivity index (χ3n) is 4.92. The molecule has 4 rings (SSSR count). The first-order valence-electron chi connectivity index (χ1n) is 9.16. The number of amides is 2. The van der Waals surface area contributed by atoms with Gasteiger partial charge in [-0.25, -0.2) is 0 Å². The van der Waals surface area contributed by atoms with Crippen molar-refractivity contribution in [1.29, 1.82) is 0 Å². The van der Waals surface area contributed by atoms with Gasteiger partial charge in [-0.1, -0.05) is 60.1 Å². The Hall–Kier alpha value is -3.31. The molecule has 1 unspecified atom stereocenters. The molecule has 1 aliphatic rings. The summed E-state index contributed by atoms with van der Waals surface area (Å²) >= 11 is 6.16. The average Bonchev–Trinajstić information content (AvgIpc) is 2.89. The Labute approximate surface area is 173 Å². The largest absolute Gasteiger partial charge is 0.496 e. The zero-order valence-electron chi connectivity index (χ0n) is 15.8. The molecule has 0 fully saturated rings. The zero-order chi connectivity index (χ0) is 20.4. The van der Waals surface area contributed by atoms with Gasteiger partial charge in [0.1, 0.15) is 12.3 Å². The molecular weight excluding hydrogens is 388 g/mol. The summed E-state index contributed by atoms with van der Waals surface area (Å²) in [6.45, 7) is -0.0945. The molecule has 1 atom stereocenters. The molecule has 0 aromatic heterocycles. The van der Waals surface area contributed by atoms with Crippen LogP contribution < -0.4 is 10.1 Å². The normalized spacial score (nSPS) is 15.9. The van der Waals surface area contributed by atoms with Crippen LogP contribution in [0.4, 0.5) is 5.69 Å². The fourth-order valence-electron chi connectivity index (χ4n) is 3.64. The zero-order valence-corrected chi connectivity index (χ0v) is 16.5. The van der Waals surface area contributed by atoms with Gasteiger partial charge in [-0.05, 0) is 29.8 Å². The number of halogens is 1. The topological polar surface area (TPSA) is 58.6 Å². The Morgan fingerprint density at radius 2 is 1.79 bits per heavy atom. The predicted octanol–water partition coefficient (Wildman–Crippen LogP) is 4.53. The van der Waals surface area contributed by atoms with Crippen molar-refractivity contribution < 1.29 is 14.3 Å². The Morgan fingerprint density at radius 1 is 1.07 bits per heavy atom. The van der Waals surface area contributed by atoms with Gasteiger partial charge in [-0.2, -0.15) is 0 Å². The molecule has 6 heteroatoms. The molecule has 0 aliphatic carbocycles. The Morgan fingerprint density at radius 3 is 2.55 bits per heavy atom. The second kappa shape index (κ2) is 7.97. The Bertz CT molecular complexity index is 1070. The maximum atomic E-state index is 13.6. The van der Waals surface area contributed by atoms with Gasteiger partial charge in [0.15, 0.2) is 0 Å². The van der Waals surface area contributed by atoms with Crippen molar-refractivity contribution in [2.75, 3.05) is 19.0 Å². The Balaban J connectivity index is 1.89. The van der Waals surface area contributed by atoms with Crippen molar-refractivity contribution in [1.82, 2.24) is 4.90 Å². The summed E-state index contributed by atoms with van der Waals surface area (Å²) in [7, 11) is 1.52.